The summed E-state index contributed by atoms with van der Waals surface area (Å²) in [6.07, 6.45) is 1.49. The van der Waals surface area contributed by atoms with Gasteiger partial charge in [0.2, 0.25) is 0 Å². The molecule has 1 N–H and O–H groups in total. The van der Waals surface area contributed by atoms with Crippen molar-refractivity contribution in [2.24, 2.45) is 5.16 Å². The molecule has 2 aromatic carbocycles. The fourth-order valence-electron chi connectivity index (χ4n) is 2.21. The van der Waals surface area contributed by atoms with E-state index in [4.69, 9.17) is 4.84 Å². The van der Waals surface area contributed by atoms with E-state index in [2.05, 4.69) is 19.9 Å². The summed E-state index contributed by atoms with van der Waals surface area (Å²) in [5.74, 6) is -1.82. The first-order chi connectivity index (χ1) is 13.4. The number of nitrogens with zero attached hydrogens (tertiary/aromatic N) is 1. The molecule has 0 saturated heterocycles. The van der Waals surface area contributed by atoms with Gasteiger partial charge in [0.1, 0.15) is 0 Å². The van der Waals surface area contributed by atoms with Crippen LogP contribution in [0.2, 0.25) is 0 Å². The number of rotatable bonds is 7. The summed E-state index contributed by atoms with van der Waals surface area (Å²) in [6.45, 7) is 1.63. The maximum atomic E-state index is 12.0. The van der Waals surface area contributed by atoms with Crippen molar-refractivity contribution >= 4 is 29.7 Å². The van der Waals surface area contributed by atoms with Crippen LogP contribution in [0.25, 0.3) is 0 Å². The van der Waals surface area contributed by atoms with Gasteiger partial charge in [-0.15, -0.1) is 0 Å². The number of aryl methyl sites for hydroxylation is 1. The number of oxime groups is 1. The number of methoxy groups -OCH3 is 2. The maximum Gasteiger partial charge on any atom is 0.337 e. The Kier molecular flexibility index (Phi) is 7.27. The molecule has 0 bridgehead atoms. The third-order valence-electron chi connectivity index (χ3n) is 3.61. The molecule has 0 aliphatic heterocycles. The Morgan fingerprint density at radius 2 is 1.54 bits per heavy atom. The van der Waals surface area contributed by atoms with Gasteiger partial charge in [0, 0.05) is 5.69 Å². The average Bonchev–Trinajstić information content (AvgIpc) is 2.71. The molecule has 0 saturated carbocycles. The molecule has 0 atom stereocenters. The highest BCUT2D eigenvalue weighted by Crippen LogP contribution is 2.17. The van der Waals surface area contributed by atoms with Crippen molar-refractivity contribution in [2.45, 2.75) is 6.92 Å². The number of carbonyl (C=O) groups is 3. The van der Waals surface area contributed by atoms with E-state index in [0.717, 1.165) is 11.1 Å². The van der Waals surface area contributed by atoms with E-state index in [1.54, 1.807) is 0 Å². The molecule has 28 heavy (non-hydrogen) atoms. The fraction of sp³-hybridized carbons (Fsp3) is 0.200. The van der Waals surface area contributed by atoms with E-state index in [9.17, 15) is 14.4 Å². The zero-order valence-corrected chi connectivity index (χ0v) is 15.7. The molecule has 8 heteroatoms. The Morgan fingerprint density at radius 1 is 0.964 bits per heavy atom. The second-order valence-electron chi connectivity index (χ2n) is 5.75. The Balaban J connectivity index is 2.00. The number of hydrogen-bond donors (Lipinski definition) is 1. The Hall–Kier alpha value is -3.68. The summed E-state index contributed by atoms with van der Waals surface area (Å²) in [5.41, 5.74) is 2.37. The molecule has 0 heterocycles. The van der Waals surface area contributed by atoms with Crippen molar-refractivity contribution in [2.75, 3.05) is 26.1 Å². The van der Waals surface area contributed by atoms with Crippen LogP contribution in [0.3, 0.4) is 0 Å². The summed E-state index contributed by atoms with van der Waals surface area (Å²) in [5, 5.41) is 6.27. The van der Waals surface area contributed by atoms with Gasteiger partial charge in [-0.3, -0.25) is 4.79 Å². The van der Waals surface area contributed by atoms with E-state index >= 15 is 0 Å². The Bertz CT molecular complexity index is 856. The predicted octanol–water partition coefficient (Wildman–Crippen LogP) is 2.56. The lowest BCUT2D eigenvalue weighted by Crippen LogP contribution is -2.18. The van der Waals surface area contributed by atoms with Crippen LogP contribution in [0, 0.1) is 6.92 Å². The minimum absolute atomic E-state index is 0.0963. The number of hydrogen-bond acceptors (Lipinski definition) is 7. The molecule has 0 aromatic heterocycles. The van der Waals surface area contributed by atoms with Crippen LogP contribution in [0.5, 0.6) is 0 Å². The fourth-order valence-corrected chi connectivity index (χ4v) is 2.21. The van der Waals surface area contributed by atoms with Crippen molar-refractivity contribution < 1.29 is 28.7 Å². The molecule has 0 aliphatic carbocycles. The number of esters is 2. The van der Waals surface area contributed by atoms with E-state index in [0.29, 0.717) is 0 Å². The monoisotopic (exact) mass is 384 g/mol. The second kappa shape index (κ2) is 9.86. The van der Waals surface area contributed by atoms with Gasteiger partial charge in [0.15, 0.2) is 6.61 Å². The molecule has 0 radical (unpaired) electrons. The summed E-state index contributed by atoms with van der Waals surface area (Å²) >= 11 is 0. The number of carbonyl (C=O) groups excluding carboxylic acids is 3. The third kappa shape index (κ3) is 5.94. The summed E-state index contributed by atoms with van der Waals surface area (Å²) in [4.78, 5) is 40.5. The normalized spacial score (nSPS) is 10.4. The highest BCUT2D eigenvalue weighted by molar-refractivity contribution is 5.99. The lowest BCUT2D eigenvalue weighted by molar-refractivity contribution is -0.120. The van der Waals surface area contributed by atoms with Gasteiger partial charge in [-0.05, 0) is 30.7 Å². The van der Waals surface area contributed by atoms with Crippen molar-refractivity contribution in [3.05, 3.63) is 64.7 Å². The van der Waals surface area contributed by atoms with Gasteiger partial charge in [-0.1, -0.05) is 35.0 Å². The Labute approximate surface area is 162 Å². The third-order valence-corrected chi connectivity index (χ3v) is 3.61. The molecule has 0 unspecified atom stereocenters. The van der Waals surface area contributed by atoms with Gasteiger partial charge in [0.25, 0.3) is 5.91 Å². The molecule has 0 aliphatic rings. The number of nitrogens with one attached hydrogen (secondary N) is 1. The van der Waals surface area contributed by atoms with E-state index in [1.807, 2.05) is 31.2 Å². The first-order valence-electron chi connectivity index (χ1n) is 8.26. The number of amides is 1. The van der Waals surface area contributed by atoms with E-state index in [-0.39, 0.29) is 23.4 Å². The first-order valence-corrected chi connectivity index (χ1v) is 8.26. The summed E-state index contributed by atoms with van der Waals surface area (Å²) in [6, 6.07) is 11.7. The topological polar surface area (TPSA) is 103 Å². The van der Waals surface area contributed by atoms with Crippen molar-refractivity contribution in [3.63, 3.8) is 0 Å². The van der Waals surface area contributed by atoms with Crippen molar-refractivity contribution in [1.29, 1.82) is 0 Å². The van der Waals surface area contributed by atoms with Gasteiger partial charge >= 0.3 is 11.9 Å². The Morgan fingerprint density at radius 3 is 2.07 bits per heavy atom. The minimum atomic E-state index is -0.653. The smallest absolute Gasteiger partial charge is 0.337 e. The van der Waals surface area contributed by atoms with E-state index in [1.165, 1.54) is 38.6 Å². The number of ether oxygens (including phenoxy) is 2. The zero-order chi connectivity index (χ0) is 20.5. The number of anilines is 1. The standard InChI is InChI=1S/C20H20N2O6/c1-13-4-6-14(7-5-13)11-21-28-12-18(23)22-17-9-15(19(24)26-2)8-16(10-17)20(25)27-3/h4-11H,12H2,1-3H3,(H,22,23)/b21-11-. The quantitative estimate of drug-likeness (QED) is 0.447. The molecule has 0 fully saturated rings. The van der Waals surface area contributed by atoms with Gasteiger partial charge in [-0.25, -0.2) is 9.59 Å². The highest BCUT2D eigenvalue weighted by Gasteiger charge is 2.15. The summed E-state index contributed by atoms with van der Waals surface area (Å²) < 4.78 is 9.29. The maximum absolute atomic E-state index is 12.0. The van der Waals surface area contributed by atoms with Crippen LogP contribution < -0.4 is 5.32 Å². The first kappa shape index (κ1) is 20.6. The molecular weight excluding hydrogens is 364 g/mol. The summed E-state index contributed by atoms with van der Waals surface area (Å²) in [7, 11) is 2.43. The highest BCUT2D eigenvalue weighted by atomic mass is 16.6. The van der Waals surface area contributed by atoms with Gasteiger partial charge < -0.3 is 19.6 Å². The average molecular weight is 384 g/mol. The lowest BCUT2D eigenvalue weighted by Gasteiger charge is -2.09. The zero-order valence-electron chi connectivity index (χ0n) is 15.7. The van der Waals surface area contributed by atoms with Crippen molar-refractivity contribution in [1.82, 2.24) is 0 Å². The second-order valence-corrected chi connectivity index (χ2v) is 5.75. The molecule has 2 aromatic rings. The van der Waals surface area contributed by atoms with Gasteiger partial charge in [-0.2, -0.15) is 0 Å². The van der Waals surface area contributed by atoms with Crippen molar-refractivity contribution in [3.8, 4) is 0 Å². The van der Waals surface area contributed by atoms with Crippen LogP contribution in [0.1, 0.15) is 31.8 Å². The molecular formula is C20H20N2O6. The van der Waals surface area contributed by atoms with Crippen LogP contribution in [-0.4, -0.2) is 44.9 Å². The largest absolute Gasteiger partial charge is 0.465 e. The SMILES string of the molecule is COC(=O)c1cc(NC(=O)CO/N=C\c2ccc(C)cc2)cc(C(=O)OC)c1. The molecule has 2 rings (SSSR count). The number of benzene rings is 2. The predicted molar refractivity (Wildman–Crippen MR) is 102 cm³/mol. The molecule has 1 amide bonds. The van der Waals surface area contributed by atoms with Crippen LogP contribution in [0.4, 0.5) is 5.69 Å². The molecule has 146 valence electrons. The van der Waals surface area contributed by atoms with Crippen LogP contribution in [0.15, 0.2) is 47.6 Å². The lowest BCUT2D eigenvalue weighted by atomic mass is 10.1. The molecule has 8 nitrogen and oxygen atoms in total. The van der Waals surface area contributed by atoms with E-state index < -0.39 is 17.8 Å². The minimum Gasteiger partial charge on any atom is -0.465 e. The molecule has 0 spiro atoms. The van der Waals surface area contributed by atoms with Gasteiger partial charge in [0.05, 0.1) is 31.6 Å². The van der Waals surface area contributed by atoms with Crippen LogP contribution >= 0.6 is 0 Å². The van der Waals surface area contributed by atoms with Crippen LogP contribution in [-0.2, 0) is 19.1 Å².